The van der Waals surface area contributed by atoms with Crippen LogP contribution in [0, 0.1) is 5.92 Å². The first-order chi connectivity index (χ1) is 9.88. The summed E-state index contributed by atoms with van der Waals surface area (Å²) in [6.07, 6.45) is -2.75. The minimum Gasteiger partial charge on any atom is -0.379 e. The number of rotatable bonds is 2. The molecule has 1 aliphatic carbocycles. The van der Waals surface area contributed by atoms with E-state index in [4.69, 9.17) is 16.4 Å². The van der Waals surface area contributed by atoms with Gasteiger partial charge in [0.15, 0.2) is 5.76 Å². The molecule has 0 bridgehead atoms. The van der Waals surface area contributed by atoms with Crippen LogP contribution in [0.3, 0.4) is 0 Å². The van der Waals surface area contributed by atoms with Crippen LogP contribution in [0.25, 0.3) is 0 Å². The maximum atomic E-state index is 12.9. The van der Waals surface area contributed by atoms with Crippen LogP contribution < -0.4 is 0 Å². The Morgan fingerprint density at radius 2 is 1.95 bits per heavy atom. The summed E-state index contributed by atoms with van der Waals surface area (Å²) in [7, 11) is 0. The smallest absolute Gasteiger partial charge is 0.379 e. The number of halogens is 4. The fraction of sp³-hybridized carbons (Fsp3) is 0.357. The Labute approximate surface area is 123 Å². The Morgan fingerprint density at radius 1 is 1.29 bits per heavy atom. The SMILES string of the molecule is O=C(c1ccccc1C(F)(F)F)N1CC(Cl)=C(C2CC2)O1. The molecule has 1 aliphatic heterocycles. The van der Waals surface area contributed by atoms with E-state index in [0.29, 0.717) is 10.8 Å². The van der Waals surface area contributed by atoms with Crippen LogP contribution in [0.4, 0.5) is 13.2 Å². The summed E-state index contributed by atoms with van der Waals surface area (Å²) in [6.45, 7) is -0.0155. The van der Waals surface area contributed by atoms with Crippen molar-refractivity contribution in [1.82, 2.24) is 5.06 Å². The zero-order valence-electron chi connectivity index (χ0n) is 10.8. The highest BCUT2D eigenvalue weighted by atomic mass is 35.5. The van der Waals surface area contributed by atoms with E-state index in [1.807, 2.05) is 0 Å². The van der Waals surface area contributed by atoms with Gasteiger partial charge < -0.3 is 4.84 Å². The van der Waals surface area contributed by atoms with Crippen LogP contribution in [0.5, 0.6) is 0 Å². The highest BCUT2D eigenvalue weighted by Gasteiger charge is 2.40. The normalized spacial score (nSPS) is 19.0. The molecule has 2 aliphatic rings. The number of hydrogen-bond acceptors (Lipinski definition) is 2. The zero-order valence-corrected chi connectivity index (χ0v) is 11.5. The second kappa shape index (κ2) is 4.94. The van der Waals surface area contributed by atoms with Crippen molar-refractivity contribution < 1.29 is 22.8 Å². The first-order valence-electron chi connectivity index (χ1n) is 6.42. The lowest BCUT2D eigenvalue weighted by Crippen LogP contribution is -2.29. The monoisotopic (exact) mass is 317 g/mol. The van der Waals surface area contributed by atoms with Crippen molar-refractivity contribution in [3.8, 4) is 0 Å². The van der Waals surface area contributed by atoms with Crippen LogP contribution in [0.2, 0.25) is 0 Å². The minimum absolute atomic E-state index is 0.0155. The van der Waals surface area contributed by atoms with E-state index in [0.717, 1.165) is 30.0 Å². The van der Waals surface area contributed by atoms with Gasteiger partial charge in [0.2, 0.25) is 0 Å². The lowest BCUT2D eigenvalue weighted by Gasteiger charge is -2.19. The van der Waals surface area contributed by atoms with Gasteiger partial charge in [-0.1, -0.05) is 23.7 Å². The molecular weight excluding hydrogens is 307 g/mol. The number of nitrogens with zero attached hydrogens (tertiary/aromatic N) is 1. The molecule has 1 amide bonds. The van der Waals surface area contributed by atoms with Gasteiger partial charge in [-0.25, -0.2) is 0 Å². The first kappa shape index (κ1) is 14.3. The quantitative estimate of drug-likeness (QED) is 0.826. The summed E-state index contributed by atoms with van der Waals surface area (Å²) in [4.78, 5) is 17.6. The minimum atomic E-state index is -4.59. The van der Waals surface area contributed by atoms with Gasteiger partial charge in [-0.15, -0.1) is 0 Å². The van der Waals surface area contributed by atoms with E-state index in [1.165, 1.54) is 12.1 Å². The second-order valence-electron chi connectivity index (χ2n) is 5.02. The molecule has 0 N–H and O–H groups in total. The Bertz CT molecular complexity index is 623. The fourth-order valence-electron chi connectivity index (χ4n) is 2.21. The number of carbonyl (C=O) groups is 1. The summed E-state index contributed by atoms with van der Waals surface area (Å²) in [5.41, 5.74) is -1.42. The van der Waals surface area contributed by atoms with Crippen LogP contribution in [-0.4, -0.2) is 17.5 Å². The molecule has 0 radical (unpaired) electrons. The molecule has 1 aromatic rings. The van der Waals surface area contributed by atoms with Gasteiger partial charge in [-0.05, 0) is 25.0 Å². The van der Waals surface area contributed by atoms with E-state index in [9.17, 15) is 18.0 Å². The molecule has 3 rings (SSSR count). The average molecular weight is 318 g/mol. The van der Waals surface area contributed by atoms with Crippen molar-refractivity contribution >= 4 is 17.5 Å². The molecular formula is C14H11ClF3NO2. The molecule has 7 heteroatoms. The van der Waals surface area contributed by atoms with Crippen LogP contribution in [0.15, 0.2) is 35.1 Å². The van der Waals surface area contributed by atoms with Gasteiger partial charge in [0.25, 0.3) is 5.91 Å². The van der Waals surface area contributed by atoms with Crippen LogP contribution in [-0.2, 0) is 11.0 Å². The Hall–Kier alpha value is -1.69. The lowest BCUT2D eigenvalue weighted by molar-refractivity contribution is -0.138. The molecule has 1 heterocycles. The number of carbonyl (C=O) groups excluding carboxylic acids is 1. The molecule has 0 unspecified atom stereocenters. The molecule has 0 aromatic heterocycles. The number of hydrogen-bond donors (Lipinski definition) is 0. The van der Waals surface area contributed by atoms with Gasteiger partial charge in [-0.3, -0.25) is 4.79 Å². The van der Waals surface area contributed by atoms with Gasteiger partial charge in [-0.2, -0.15) is 18.2 Å². The molecule has 0 saturated heterocycles. The maximum absolute atomic E-state index is 12.9. The fourth-order valence-corrected chi connectivity index (χ4v) is 2.51. The standard InChI is InChI=1S/C14H11ClF3NO2/c15-11-7-19(21-12(11)8-5-6-8)13(20)9-3-1-2-4-10(9)14(16,17)18/h1-4,8H,5-7H2. The molecule has 1 fully saturated rings. The maximum Gasteiger partial charge on any atom is 0.417 e. The molecule has 1 aromatic carbocycles. The van der Waals surface area contributed by atoms with Crippen LogP contribution in [0.1, 0.15) is 28.8 Å². The third-order valence-corrected chi connectivity index (χ3v) is 3.70. The molecule has 1 saturated carbocycles. The van der Waals surface area contributed by atoms with Gasteiger partial charge in [0.05, 0.1) is 22.7 Å². The van der Waals surface area contributed by atoms with E-state index in [-0.39, 0.29) is 12.5 Å². The van der Waals surface area contributed by atoms with E-state index >= 15 is 0 Å². The van der Waals surface area contributed by atoms with E-state index in [1.54, 1.807) is 0 Å². The Morgan fingerprint density at radius 3 is 2.57 bits per heavy atom. The highest BCUT2D eigenvalue weighted by Crippen LogP contribution is 2.43. The van der Waals surface area contributed by atoms with Gasteiger partial charge >= 0.3 is 6.18 Å². The molecule has 0 spiro atoms. The van der Waals surface area contributed by atoms with Gasteiger partial charge in [0, 0.05) is 5.92 Å². The van der Waals surface area contributed by atoms with Crippen molar-refractivity contribution in [2.45, 2.75) is 19.0 Å². The number of hydroxylamine groups is 2. The van der Waals surface area contributed by atoms with Gasteiger partial charge in [0.1, 0.15) is 0 Å². The van der Waals surface area contributed by atoms with Crippen molar-refractivity contribution in [2.24, 2.45) is 5.92 Å². The van der Waals surface area contributed by atoms with E-state index in [2.05, 4.69) is 0 Å². The molecule has 3 nitrogen and oxygen atoms in total. The van der Waals surface area contributed by atoms with Crippen molar-refractivity contribution in [3.05, 3.63) is 46.2 Å². The van der Waals surface area contributed by atoms with Crippen molar-refractivity contribution in [1.29, 1.82) is 0 Å². The number of amides is 1. The summed E-state index contributed by atoms with van der Waals surface area (Å²) >= 11 is 6.01. The Balaban J connectivity index is 1.84. The predicted molar refractivity (Wildman–Crippen MR) is 69.2 cm³/mol. The summed E-state index contributed by atoms with van der Waals surface area (Å²) in [6, 6.07) is 4.64. The number of allylic oxidation sites excluding steroid dienone is 1. The molecule has 21 heavy (non-hydrogen) atoms. The topological polar surface area (TPSA) is 29.5 Å². The Kier molecular flexibility index (Phi) is 3.36. The predicted octanol–water partition coefficient (Wildman–Crippen LogP) is 3.95. The largest absolute Gasteiger partial charge is 0.417 e. The van der Waals surface area contributed by atoms with Crippen molar-refractivity contribution in [2.75, 3.05) is 6.54 Å². The summed E-state index contributed by atoms with van der Waals surface area (Å²) in [5.74, 6) is -0.139. The highest BCUT2D eigenvalue weighted by molar-refractivity contribution is 6.30. The number of benzene rings is 1. The third kappa shape index (κ3) is 2.72. The molecule has 112 valence electrons. The van der Waals surface area contributed by atoms with Crippen LogP contribution >= 0.6 is 11.6 Å². The van der Waals surface area contributed by atoms with Crippen molar-refractivity contribution in [3.63, 3.8) is 0 Å². The summed E-state index contributed by atoms with van der Waals surface area (Å²) < 4.78 is 38.8. The average Bonchev–Trinajstić information content (AvgIpc) is 3.20. The second-order valence-corrected chi connectivity index (χ2v) is 5.48. The zero-order chi connectivity index (χ0) is 15.2. The summed E-state index contributed by atoms with van der Waals surface area (Å²) in [5, 5.41) is 1.27. The first-order valence-corrected chi connectivity index (χ1v) is 6.80. The van der Waals surface area contributed by atoms with E-state index < -0.39 is 23.2 Å². The molecule has 0 atom stereocenters. The number of alkyl halides is 3. The lowest BCUT2D eigenvalue weighted by atomic mass is 10.1. The third-order valence-electron chi connectivity index (χ3n) is 3.40.